The largest absolute Gasteiger partial charge is 0.310 e. The number of halogens is 3. The SMILES string of the molecule is Cc1cccc(N2C(=O)CCC2C(=O)N(c2cccc(F)c2)C2C(=O)N(C3CC(F)(F)C3)C3=CCC3c3ccccc32)n1. The highest BCUT2D eigenvalue weighted by Crippen LogP contribution is 2.52. The molecule has 1 saturated carbocycles. The van der Waals surface area contributed by atoms with Crippen molar-refractivity contribution in [1.82, 2.24) is 9.88 Å². The summed E-state index contributed by atoms with van der Waals surface area (Å²) in [5.41, 5.74) is 2.83. The number of rotatable bonds is 5. The number of aryl methyl sites for hydroxylation is 1. The van der Waals surface area contributed by atoms with Crippen molar-refractivity contribution < 1.29 is 27.6 Å². The molecule has 2 fully saturated rings. The molecule has 43 heavy (non-hydrogen) atoms. The lowest BCUT2D eigenvalue weighted by atomic mass is 9.79. The van der Waals surface area contributed by atoms with Gasteiger partial charge >= 0.3 is 0 Å². The summed E-state index contributed by atoms with van der Waals surface area (Å²) in [4.78, 5) is 51.1. The van der Waals surface area contributed by atoms with E-state index in [4.69, 9.17) is 0 Å². The molecule has 3 unspecified atom stereocenters. The zero-order valence-electron chi connectivity index (χ0n) is 23.4. The van der Waals surface area contributed by atoms with Crippen molar-refractivity contribution in [3.05, 3.63) is 101 Å². The minimum absolute atomic E-state index is 0.0937. The van der Waals surface area contributed by atoms with E-state index in [9.17, 15) is 27.6 Å². The number of hydrogen-bond acceptors (Lipinski definition) is 4. The summed E-state index contributed by atoms with van der Waals surface area (Å²) in [6.45, 7) is 1.78. The number of carbonyl (C=O) groups is 3. The maximum atomic E-state index is 14.8. The molecular formula is C33H29F3N4O3. The molecule has 0 bridgehead atoms. The Morgan fingerprint density at radius 1 is 0.977 bits per heavy atom. The summed E-state index contributed by atoms with van der Waals surface area (Å²) in [5, 5.41) is 0. The zero-order valence-corrected chi connectivity index (χ0v) is 23.4. The predicted octanol–water partition coefficient (Wildman–Crippen LogP) is 5.81. The van der Waals surface area contributed by atoms with E-state index in [1.54, 1.807) is 43.3 Å². The third-order valence-electron chi connectivity index (χ3n) is 8.97. The Kier molecular flexibility index (Phi) is 6.41. The number of alkyl halides is 2. The normalized spacial score (nSPS) is 24.4. The lowest BCUT2D eigenvalue weighted by Gasteiger charge is -2.47. The molecule has 0 N–H and O–H groups in total. The molecule has 0 spiro atoms. The fraction of sp³-hybridized carbons (Fsp3) is 0.333. The first-order valence-electron chi connectivity index (χ1n) is 14.5. The zero-order chi connectivity index (χ0) is 30.0. The number of benzene rings is 2. The Balaban J connectivity index is 1.38. The number of hydrogen-bond donors (Lipinski definition) is 0. The van der Waals surface area contributed by atoms with Crippen LogP contribution in [0.5, 0.6) is 0 Å². The van der Waals surface area contributed by atoms with Gasteiger partial charge in [-0.05, 0) is 61.2 Å². The van der Waals surface area contributed by atoms with Crippen LogP contribution in [0.15, 0.2) is 78.5 Å². The molecule has 7 nitrogen and oxygen atoms in total. The first kappa shape index (κ1) is 27.4. The Labute approximate surface area is 246 Å². The van der Waals surface area contributed by atoms with E-state index in [2.05, 4.69) is 4.98 Å². The summed E-state index contributed by atoms with van der Waals surface area (Å²) in [5.74, 6) is -4.74. The van der Waals surface area contributed by atoms with Gasteiger partial charge in [-0.15, -0.1) is 0 Å². The molecule has 2 aliphatic carbocycles. The fourth-order valence-corrected chi connectivity index (χ4v) is 6.87. The maximum absolute atomic E-state index is 14.8. The van der Waals surface area contributed by atoms with Crippen LogP contribution in [0.1, 0.15) is 60.9 Å². The van der Waals surface area contributed by atoms with Crippen LogP contribution in [0.3, 0.4) is 0 Å². The number of pyridine rings is 1. The van der Waals surface area contributed by atoms with E-state index in [0.717, 1.165) is 5.56 Å². The van der Waals surface area contributed by atoms with E-state index >= 15 is 0 Å². The molecule has 3 atom stereocenters. The fourth-order valence-electron chi connectivity index (χ4n) is 6.87. The Morgan fingerprint density at radius 3 is 2.40 bits per heavy atom. The maximum Gasteiger partial charge on any atom is 0.254 e. The second kappa shape index (κ2) is 10.1. The van der Waals surface area contributed by atoms with Crippen molar-refractivity contribution in [2.24, 2.45) is 0 Å². The molecule has 2 aromatic carbocycles. The van der Waals surface area contributed by atoms with Crippen molar-refractivity contribution in [3.8, 4) is 0 Å². The third kappa shape index (κ3) is 4.51. The van der Waals surface area contributed by atoms with Gasteiger partial charge in [0.2, 0.25) is 5.91 Å². The van der Waals surface area contributed by atoms with Gasteiger partial charge in [0.25, 0.3) is 17.7 Å². The van der Waals surface area contributed by atoms with Gasteiger partial charge in [-0.25, -0.2) is 18.2 Å². The number of amides is 3. The van der Waals surface area contributed by atoms with Gasteiger partial charge in [-0.1, -0.05) is 42.5 Å². The van der Waals surface area contributed by atoms with Crippen LogP contribution in [-0.4, -0.2) is 45.6 Å². The molecule has 220 valence electrons. The van der Waals surface area contributed by atoms with Crippen molar-refractivity contribution >= 4 is 29.2 Å². The van der Waals surface area contributed by atoms with Gasteiger partial charge in [0.05, 0.1) is 0 Å². The smallest absolute Gasteiger partial charge is 0.254 e. The standard InChI is InChI=1S/C33H29F3N4O3/c1-19-6-4-11-28(37-19)40-27(14-15-29(40)41)31(42)39(21-8-5-7-20(34)16-21)30-25-10-3-2-9-23(25)24-12-13-26(24)38(32(30)43)22-17-33(35,36)18-22/h2-11,13,16,22,24,27,30H,12,14-15,17-18H2,1H3. The minimum atomic E-state index is -2.87. The number of allylic oxidation sites excluding steroid dienone is 2. The molecule has 3 heterocycles. The van der Waals surface area contributed by atoms with Crippen molar-refractivity contribution in [2.75, 3.05) is 9.80 Å². The van der Waals surface area contributed by atoms with Crippen LogP contribution in [0.2, 0.25) is 0 Å². The molecule has 4 aliphatic rings. The Bertz CT molecular complexity index is 1680. The lowest BCUT2D eigenvalue weighted by molar-refractivity contribution is -0.151. The quantitative estimate of drug-likeness (QED) is 0.378. The van der Waals surface area contributed by atoms with Gasteiger partial charge in [0, 0.05) is 48.3 Å². The Hall–Kier alpha value is -4.47. The van der Waals surface area contributed by atoms with Crippen LogP contribution in [0.25, 0.3) is 0 Å². The number of fused-ring (bicyclic) bond motifs is 3. The number of nitrogens with zero attached hydrogens (tertiary/aromatic N) is 4. The first-order valence-corrected chi connectivity index (χ1v) is 14.5. The van der Waals surface area contributed by atoms with Crippen LogP contribution < -0.4 is 9.80 Å². The summed E-state index contributed by atoms with van der Waals surface area (Å²) in [6.07, 6.45) is 1.84. The molecule has 7 rings (SSSR count). The van der Waals surface area contributed by atoms with Gasteiger partial charge < -0.3 is 4.90 Å². The number of aromatic nitrogens is 1. The summed E-state index contributed by atoms with van der Waals surface area (Å²) < 4.78 is 43.0. The van der Waals surface area contributed by atoms with E-state index < -0.39 is 54.5 Å². The monoisotopic (exact) mass is 586 g/mol. The Morgan fingerprint density at radius 2 is 1.72 bits per heavy atom. The van der Waals surface area contributed by atoms with Gasteiger partial charge in [-0.3, -0.25) is 24.2 Å². The molecule has 3 aromatic rings. The molecule has 1 saturated heterocycles. The van der Waals surface area contributed by atoms with Crippen LogP contribution in [0.4, 0.5) is 24.7 Å². The topological polar surface area (TPSA) is 73.8 Å². The van der Waals surface area contributed by atoms with Crippen molar-refractivity contribution in [3.63, 3.8) is 0 Å². The van der Waals surface area contributed by atoms with E-state index in [-0.39, 0.29) is 30.4 Å². The van der Waals surface area contributed by atoms with E-state index in [1.807, 2.05) is 18.2 Å². The van der Waals surface area contributed by atoms with E-state index in [1.165, 1.54) is 32.9 Å². The highest BCUT2D eigenvalue weighted by Gasteiger charge is 2.55. The molecule has 3 amide bonds. The summed E-state index contributed by atoms with van der Waals surface area (Å²) in [6, 6.07) is 14.9. The second-order valence-electron chi connectivity index (χ2n) is 11.7. The molecule has 1 aromatic heterocycles. The highest BCUT2D eigenvalue weighted by molar-refractivity contribution is 6.11. The summed E-state index contributed by atoms with van der Waals surface area (Å²) in [7, 11) is 0. The number of anilines is 2. The summed E-state index contributed by atoms with van der Waals surface area (Å²) >= 11 is 0. The highest BCUT2D eigenvalue weighted by atomic mass is 19.3. The van der Waals surface area contributed by atoms with E-state index in [0.29, 0.717) is 29.2 Å². The predicted molar refractivity (Wildman–Crippen MR) is 153 cm³/mol. The second-order valence-corrected chi connectivity index (χ2v) is 11.7. The van der Waals surface area contributed by atoms with Crippen molar-refractivity contribution in [2.45, 2.75) is 69.0 Å². The molecular weight excluding hydrogens is 557 g/mol. The van der Waals surface area contributed by atoms with Crippen LogP contribution >= 0.6 is 0 Å². The third-order valence-corrected chi connectivity index (χ3v) is 8.97. The van der Waals surface area contributed by atoms with Gasteiger partial charge in [0.15, 0.2) is 0 Å². The van der Waals surface area contributed by atoms with Gasteiger partial charge in [0.1, 0.15) is 23.7 Å². The van der Waals surface area contributed by atoms with Crippen molar-refractivity contribution in [1.29, 1.82) is 0 Å². The molecule has 10 heteroatoms. The first-order chi connectivity index (χ1) is 20.6. The molecule has 0 radical (unpaired) electrons. The number of carbonyl (C=O) groups excluding carboxylic acids is 3. The minimum Gasteiger partial charge on any atom is -0.310 e. The average molecular weight is 587 g/mol. The van der Waals surface area contributed by atoms with Crippen LogP contribution in [-0.2, 0) is 14.4 Å². The van der Waals surface area contributed by atoms with Crippen LogP contribution in [0, 0.1) is 12.7 Å². The van der Waals surface area contributed by atoms with Gasteiger partial charge in [-0.2, -0.15) is 0 Å². The lowest BCUT2D eigenvalue weighted by Crippen LogP contribution is -2.57. The molecule has 2 aliphatic heterocycles. The average Bonchev–Trinajstić information content (AvgIpc) is 3.31.